The van der Waals surface area contributed by atoms with Crippen LogP contribution in [0.1, 0.15) is 68.2 Å². The lowest BCUT2D eigenvalue weighted by atomic mass is 9.84. The van der Waals surface area contributed by atoms with Gasteiger partial charge in [-0.25, -0.2) is 0 Å². The number of methoxy groups -OCH3 is 2. The van der Waals surface area contributed by atoms with Crippen molar-refractivity contribution in [3.63, 3.8) is 0 Å². The minimum absolute atomic E-state index is 0.0786. The van der Waals surface area contributed by atoms with Gasteiger partial charge in [0.1, 0.15) is 36.2 Å². The molecule has 0 saturated carbocycles. The van der Waals surface area contributed by atoms with Crippen LogP contribution in [0.2, 0.25) is 0 Å². The Balaban J connectivity index is 0.000000287. The van der Waals surface area contributed by atoms with E-state index in [9.17, 15) is 24.6 Å². The van der Waals surface area contributed by atoms with Gasteiger partial charge in [-0.1, -0.05) is 71.8 Å². The molecule has 0 heterocycles. The van der Waals surface area contributed by atoms with E-state index in [4.69, 9.17) is 24.1 Å². The van der Waals surface area contributed by atoms with Crippen LogP contribution in [0.4, 0.5) is 0 Å². The van der Waals surface area contributed by atoms with Crippen LogP contribution in [-0.4, -0.2) is 47.4 Å². The van der Waals surface area contributed by atoms with Gasteiger partial charge in [0.05, 0.1) is 20.6 Å². The largest absolute Gasteiger partial charge is 0.497 e. The zero-order valence-corrected chi connectivity index (χ0v) is 30.9. The van der Waals surface area contributed by atoms with Gasteiger partial charge in [-0.15, -0.1) is 0 Å². The molecule has 0 aliphatic carbocycles. The van der Waals surface area contributed by atoms with Crippen LogP contribution < -0.4 is 18.9 Å². The predicted molar refractivity (Wildman–Crippen MR) is 203 cm³/mol. The molecule has 4 aromatic carbocycles. The Kier molecular flexibility index (Phi) is 16.2. The number of rotatable bonds is 17. The van der Waals surface area contributed by atoms with Crippen LogP contribution in [0.25, 0.3) is 0 Å². The average molecular weight is 725 g/mol. The first-order chi connectivity index (χ1) is 25.3. The number of carboxylic acids is 3. The van der Waals surface area contributed by atoms with Crippen molar-refractivity contribution in [3.8, 4) is 23.0 Å². The lowest BCUT2D eigenvalue weighted by molar-refractivity contribution is -0.155. The average Bonchev–Trinajstić information content (AvgIpc) is 3.12. The highest BCUT2D eigenvalue weighted by molar-refractivity contribution is 5.94. The summed E-state index contributed by atoms with van der Waals surface area (Å²) in [5.41, 5.74) is 5.49. The second-order valence-electron chi connectivity index (χ2n) is 12.8. The fourth-order valence-corrected chi connectivity index (χ4v) is 5.48. The van der Waals surface area contributed by atoms with Crippen molar-refractivity contribution in [2.75, 3.05) is 14.2 Å². The molecule has 0 bridgehead atoms. The Bertz CT molecular complexity index is 1840. The van der Waals surface area contributed by atoms with Crippen LogP contribution in [0.15, 0.2) is 120 Å². The van der Waals surface area contributed by atoms with Gasteiger partial charge in [-0.2, -0.15) is 0 Å². The smallest absolute Gasteiger partial charge is 0.318 e. The number of aliphatic carboxylic acids is 3. The third-order valence-electron chi connectivity index (χ3n) is 7.99. The van der Waals surface area contributed by atoms with Crippen LogP contribution in [-0.2, 0) is 27.6 Å². The van der Waals surface area contributed by atoms with Gasteiger partial charge in [0.2, 0.25) is 0 Å². The number of carbonyl (C=O) groups is 3. The summed E-state index contributed by atoms with van der Waals surface area (Å²) in [5, 5.41) is 27.8. The molecule has 4 rings (SSSR count). The third kappa shape index (κ3) is 13.9. The molecule has 53 heavy (non-hydrogen) atoms. The first kappa shape index (κ1) is 41.4. The molecule has 0 aromatic heterocycles. The summed E-state index contributed by atoms with van der Waals surface area (Å²) in [4.78, 5) is 34.0. The number of allylic oxidation sites excluding steroid dienone is 4. The first-order valence-corrected chi connectivity index (χ1v) is 17.0. The number of hydrogen-bond donors (Lipinski definition) is 3. The highest BCUT2D eigenvalue weighted by atomic mass is 16.5. The second kappa shape index (κ2) is 20.7. The zero-order chi connectivity index (χ0) is 38.9. The first-order valence-electron chi connectivity index (χ1n) is 17.0. The SMILES string of the molecule is COc1cccc(COc2ccc(C(C=C(C)C)C(C(=O)O)C(=O)O)cc2)c1.COc1cccc(COc2ccc(C(C=C(C)C)CC(=O)O)cc2)c1. The highest BCUT2D eigenvalue weighted by Gasteiger charge is 2.34. The van der Waals surface area contributed by atoms with Gasteiger partial charge in [-0.05, 0) is 98.5 Å². The van der Waals surface area contributed by atoms with E-state index < -0.39 is 29.7 Å². The maximum absolute atomic E-state index is 11.5. The standard InChI is InChI=1S/C22H24O6.C21H24O4/c1-14(2)11-19(20(21(23)24)22(25)26)16-7-9-17(10-8-16)28-13-15-5-4-6-18(12-15)27-3;1-15(2)11-18(13-21(22)23)17-7-9-19(10-8-17)25-14-16-5-4-6-20(12-16)24-3/h4-12,19-20H,13H2,1-3H3,(H,23,24)(H,25,26);4-12,18H,13-14H2,1-3H3,(H,22,23). The maximum Gasteiger partial charge on any atom is 0.318 e. The lowest BCUT2D eigenvalue weighted by Gasteiger charge is -2.19. The molecule has 0 spiro atoms. The predicted octanol–water partition coefficient (Wildman–Crippen LogP) is 8.91. The van der Waals surface area contributed by atoms with Crippen molar-refractivity contribution in [1.82, 2.24) is 0 Å². The fraction of sp³-hybridized carbons (Fsp3) is 0.279. The Morgan fingerprint density at radius 2 is 1.02 bits per heavy atom. The summed E-state index contributed by atoms with van der Waals surface area (Å²) in [7, 11) is 3.24. The number of hydrogen-bond acceptors (Lipinski definition) is 7. The van der Waals surface area contributed by atoms with Crippen molar-refractivity contribution in [3.05, 3.63) is 143 Å². The lowest BCUT2D eigenvalue weighted by Crippen LogP contribution is -2.29. The van der Waals surface area contributed by atoms with Crippen LogP contribution >= 0.6 is 0 Å². The minimum atomic E-state index is -1.56. The number of benzene rings is 4. The topological polar surface area (TPSA) is 149 Å². The van der Waals surface area contributed by atoms with E-state index in [1.54, 1.807) is 58.4 Å². The Labute approximate surface area is 310 Å². The molecule has 0 saturated heterocycles. The molecule has 2 unspecified atom stereocenters. The molecular weight excluding hydrogens is 676 g/mol. The molecule has 10 nitrogen and oxygen atoms in total. The number of carboxylic acid groups (broad SMARTS) is 3. The summed E-state index contributed by atoms with van der Waals surface area (Å²) >= 11 is 0. The molecule has 10 heteroatoms. The van der Waals surface area contributed by atoms with Crippen LogP contribution in [0.3, 0.4) is 0 Å². The molecule has 0 fully saturated rings. The Morgan fingerprint density at radius 3 is 1.40 bits per heavy atom. The summed E-state index contributed by atoms with van der Waals surface area (Å²) in [6.07, 6.45) is 3.73. The van der Waals surface area contributed by atoms with Crippen molar-refractivity contribution in [2.24, 2.45) is 5.92 Å². The molecule has 0 amide bonds. The van der Waals surface area contributed by atoms with Gasteiger partial charge in [0, 0.05) is 11.8 Å². The summed E-state index contributed by atoms with van der Waals surface area (Å²) in [6, 6.07) is 29.7. The van der Waals surface area contributed by atoms with E-state index in [0.717, 1.165) is 45.1 Å². The van der Waals surface area contributed by atoms with Crippen LogP contribution in [0.5, 0.6) is 23.0 Å². The third-order valence-corrected chi connectivity index (χ3v) is 7.99. The maximum atomic E-state index is 11.5. The normalized spacial score (nSPS) is 11.5. The van der Waals surface area contributed by atoms with Crippen molar-refractivity contribution in [2.45, 2.75) is 59.2 Å². The van der Waals surface area contributed by atoms with E-state index in [0.29, 0.717) is 24.5 Å². The van der Waals surface area contributed by atoms with Gasteiger partial charge in [-0.3, -0.25) is 14.4 Å². The number of ether oxygens (including phenoxy) is 4. The molecular formula is C43H48O10. The summed E-state index contributed by atoms with van der Waals surface area (Å²) < 4.78 is 21.9. The monoisotopic (exact) mass is 724 g/mol. The van der Waals surface area contributed by atoms with E-state index >= 15 is 0 Å². The van der Waals surface area contributed by atoms with Crippen LogP contribution in [0, 0.1) is 5.92 Å². The Hall–Kier alpha value is -6.03. The molecule has 2 atom stereocenters. The molecule has 0 radical (unpaired) electrons. The van der Waals surface area contributed by atoms with E-state index in [-0.39, 0.29) is 12.3 Å². The van der Waals surface area contributed by atoms with Gasteiger partial charge >= 0.3 is 17.9 Å². The molecule has 0 aliphatic heterocycles. The van der Waals surface area contributed by atoms with Gasteiger partial charge in [0.25, 0.3) is 0 Å². The molecule has 0 aliphatic rings. The molecule has 3 N–H and O–H groups in total. The van der Waals surface area contributed by atoms with E-state index in [1.807, 2.05) is 92.7 Å². The fourth-order valence-electron chi connectivity index (χ4n) is 5.48. The summed E-state index contributed by atoms with van der Waals surface area (Å²) in [5.74, 6) is -3.10. The van der Waals surface area contributed by atoms with Crippen molar-refractivity contribution >= 4 is 17.9 Å². The minimum Gasteiger partial charge on any atom is -0.497 e. The van der Waals surface area contributed by atoms with E-state index in [1.165, 1.54) is 0 Å². The van der Waals surface area contributed by atoms with Gasteiger partial charge < -0.3 is 34.3 Å². The zero-order valence-electron chi connectivity index (χ0n) is 30.9. The highest BCUT2D eigenvalue weighted by Crippen LogP contribution is 2.30. The summed E-state index contributed by atoms with van der Waals surface area (Å²) in [6.45, 7) is 8.35. The second-order valence-corrected chi connectivity index (χ2v) is 12.8. The molecule has 4 aromatic rings. The Morgan fingerprint density at radius 1 is 0.585 bits per heavy atom. The molecule has 280 valence electrons. The van der Waals surface area contributed by atoms with Gasteiger partial charge in [0.15, 0.2) is 5.92 Å². The van der Waals surface area contributed by atoms with Crippen molar-refractivity contribution < 1.29 is 48.7 Å². The quantitative estimate of drug-likeness (QED) is 0.0712. The van der Waals surface area contributed by atoms with Crippen molar-refractivity contribution in [1.29, 1.82) is 0 Å². The van der Waals surface area contributed by atoms with E-state index in [2.05, 4.69) is 0 Å².